The van der Waals surface area contributed by atoms with Crippen LogP contribution in [0.3, 0.4) is 0 Å². The minimum Gasteiger partial charge on any atom is -0.373 e. The number of benzene rings is 2. The van der Waals surface area contributed by atoms with Gasteiger partial charge in [-0.1, -0.05) is 49.4 Å². The van der Waals surface area contributed by atoms with Gasteiger partial charge in [0.25, 0.3) is 0 Å². The first-order valence-electron chi connectivity index (χ1n) is 6.85. The maximum atomic E-state index is 4.67. The summed E-state index contributed by atoms with van der Waals surface area (Å²) in [6.45, 7) is 2.07. The highest BCUT2D eigenvalue weighted by Gasteiger charge is 2.08. The molecule has 3 nitrogen and oxygen atoms in total. The zero-order valence-electron chi connectivity index (χ0n) is 11.7. The van der Waals surface area contributed by atoms with Gasteiger partial charge in [-0.2, -0.15) is 0 Å². The number of nitrogens with one attached hydrogen (secondary N) is 1. The monoisotopic (exact) mass is 263 g/mol. The highest BCUT2D eigenvalue weighted by Crippen LogP contribution is 2.28. The van der Waals surface area contributed by atoms with Crippen molar-refractivity contribution in [3.05, 3.63) is 54.4 Å². The summed E-state index contributed by atoms with van der Waals surface area (Å²) in [4.78, 5) is 9.12. The molecule has 0 aliphatic rings. The maximum absolute atomic E-state index is 4.67. The topological polar surface area (TPSA) is 37.8 Å². The number of nitrogens with zero attached hydrogens (tertiary/aromatic N) is 2. The summed E-state index contributed by atoms with van der Waals surface area (Å²) in [6, 6.07) is 16.7. The van der Waals surface area contributed by atoms with Gasteiger partial charge in [0.2, 0.25) is 0 Å². The average molecular weight is 263 g/mol. The van der Waals surface area contributed by atoms with Crippen LogP contribution in [0.2, 0.25) is 0 Å². The van der Waals surface area contributed by atoms with Gasteiger partial charge in [0.1, 0.15) is 11.6 Å². The van der Waals surface area contributed by atoms with Crippen molar-refractivity contribution >= 4 is 16.6 Å². The summed E-state index contributed by atoms with van der Waals surface area (Å²) < 4.78 is 0. The first-order chi connectivity index (χ1) is 9.81. The van der Waals surface area contributed by atoms with Crippen LogP contribution >= 0.6 is 0 Å². The molecule has 0 bridgehead atoms. The lowest BCUT2D eigenvalue weighted by Gasteiger charge is -2.09. The summed E-state index contributed by atoms with van der Waals surface area (Å²) in [5.74, 6) is 1.72. The lowest BCUT2D eigenvalue weighted by atomic mass is 10.0. The van der Waals surface area contributed by atoms with Crippen LogP contribution in [0.4, 0.5) is 5.82 Å². The van der Waals surface area contributed by atoms with Crippen LogP contribution in [0.25, 0.3) is 22.0 Å². The molecular formula is C17H17N3. The van der Waals surface area contributed by atoms with Gasteiger partial charge < -0.3 is 5.32 Å². The van der Waals surface area contributed by atoms with Gasteiger partial charge in [0.05, 0.1) is 5.69 Å². The Balaban J connectivity index is 2.25. The Labute approximate surface area is 118 Å². The van der Waals surface area contributed by atoms with Gasteiger partial charge in [-0.25, -0.2) is 9.97 Å². The fourth-order valence-corrected chi connectivity index (χ4v) is 2.37. The SMILES string of the molecule is CCc1nc(NC)cc(-c2cccc3ccccc23)n1. The van der Waals surface area contributed by atoms with Crippen molar-refractivity contribution < 1.29 is 0 Å². The van der Waals surface area contributed by atoms with Crippen molar-refractivity contribution in [2.24, 2.45) is 0 Å². The second-order valence-electron chi connectivity index (χ2n) is 4.68. The summed E-state index contributed by atoms with van der Waals surface area (Å²) in [7, 11) is 1.88. The molecule has 1 aromatic heterocycles. The van der Waals surface area contributed by atoms with Crippen LogP contribution < -0.4 is 5.32 Å². The van der Waals surface area contributed by atoms with E-state index in [1.807, 2.05) is 13.1 Å². The zero-order chi connectivity index (χ0) is 13.9. The van der Waals surface area contributed by atoms with E-state index in [4.69, 9.17) is 0 Å². The van der Waals surface area contributed by atoms with Crippen molar-refractivity contribution in [2.45, 2.75) is 13.3 Å². The van der Waals surface area contributed by atoms with Gasteiger partial charge in [0.15, 0.2) is 0 Å². The van der Waals surface area contributed by atoms with Crippen molar-refractivity contribution in [3.8, 4) is 11.3 Å². The van der Waals surface area contributed by atoms with E-state index in [-0.39, 0.29) is 0 Å². The van der Waals surface area contributed by atoms with Crippen molar-refractivity contribution in [2.75, 3.05) is 12.4 Å². The minimum atomic E-state index is 0.827. The molecule has 100 valence electrons. The van der Waals surface area contributed by atoms with Gasteiger partial charge in [-0.3, -0.25) is 0 Å². The Morgan fingerprint density at radius 1 is 1.00 bits per heavy atom. The van der Waals surface area contributed by atoms with Crippen molar-refractivity contribution in [1.82, 2.24) is 9.97 Å². The van der Waals surface area contributed by atoms with E-state index in [2.05, 4.69) is 64.7 Å². The first-order valence-corrected chi connectivity index (χ1v) is 6.85. The zero-order valence-corrected chi connectivity index (χ0v) is 11.7. The number of aryl methyl sites for hydroxylation is 1. The van der Waals surface area contributed by atoms with Crippen molar-refractivity contribution in [3.63, 3.8) is 0 Å². The van der Waals surface area contributed by atoms with E-state index < -0.39 is 0 Å². The van der Waals surface area contributed by atoms with Crippen LogP contribution in [0.5, 0.6) is 0 Å². The average Bonchev–Trinajstić information content (AvgIpc) is 2.53. The highest BCUT2D eigenvalue weighted by molar-refractivity contribution is 5.96. The smallest absolute Gasteiger partial charge is 0.131 e. The third kappa shape index (κ3) is 2.23. The van der Waals surface area contributed by atoms with E-state index in [9.17, 15) is 0 Å². The third-order valence-electron chi connectivity index (χ3n) is 3.41. The molecule has 0 aliphatic heterocycles. The van der Waals surface area contributed by atoms with Crippen LogP contribution in [-0.2, 0) is 6.42 Å². The molecule has 3 rings (SSSR count). The number of rotatable bonds is 3. The Hall–Kier alpha value is -2.42. The molecule has 0 atom stereocenters. The molecule has 0 saturated heterocycles. The minimum absolute atomic E-state index is 0.827. The standard InChI is InChI=1S/C17H17N3/c1-3-16-19-15(11-17(18-2)20-16)14-10-6-8-12-7-4-5-9-13(12)14/h4-11H,3H2,1-2H3,(H,18,19,20). The maximum Gasteiger partial charge on any atom is 0.131 e. The summed E-state index contributed by atoms with van der Waals surface area (Å²) >= 11 is 0. The number of anilines is 1. The van der Waals surface area contributed by atoms with E-state index in [0.29, 0.717) is 0 Å². The number of fused-ring (bicyclic) bond motifs is 1. The second-order valence-corrected chi connectivity index (χ2v) is 4.68. The predicted molar refractivity (Wildman–Crippen MR) is 83.9 cm³/mol. The third-order valence-corrected chi connectivity index (χ3v) is 3.41. The van der Waals surface area contributed by atoms with Gasteiger partial charge >= 0.3 is 0 Å². The van der Waals surface area contributed by atoms with E-state index in [0.717, 1.165) is 29.3 Å². The molecule has 0 fully saturated rings. The molecule has 0 spiro atoms. The number of aromatic nitrogens is 2. The summed E-state index contributed by atoms with van der Waals surface area (Å²) in [5, 5.41) is 5.56. The molecule has 0 saturated carbocycles. The van der Waals surface area contributed by atoms with Gasteiger partial charge in [-0.15, -0.1) is 0 Å². The Kier molecular flexibility index (Phi) is 3.33. The number of hydrogen-bond acceptors (Lipinski definition) is 3. The molecule has 1 N–H and O–H groups in total. The molecule has 0 aliphatic carbocycles. The Bertz CT molecular complexity index is 723. The van der Waals surface area contributed by atoms with Crippen LogP contribution in [0, 0.1) is 0 Å². The molecule has 3 aromatic rings. The van der Waals surface area contributed by atoms with E-state index in [1.54, 1.807) is 0 Å². The largest absolute Gasteiger partial charge is 0.373 e. The Morgan fingerprint density at radius 3 is 2.60 bits per heavy atom. The number of hydrogen-bond donors (Lipinski definition) is 1. The van der Waals surface area contributed by atoms with Crippen LogP contribution in [-0.4, -0.2) is 17.0 Å². The quantitative estimate of drug-likeness (QED) is 0.778. The van der Waals surface area contributed by atoms with Crippen molar-refractivity contribution in [1.29, 1.82) is 0 Å². The molecule has 0 unspecified atom stereocenters. The predicted octanol–water partition coefficient (Wildman–Crippen LogP) is 3.90. The van der Waals surface area contributed by atoms with Gasteiger partial charge in [-0.05, 0) is 10.8 Å². The lowest BCUT2D eigenvalue weighted by Crippen LogP contribution is -2.00. The van der Waals surface area contributed by atoms with E-state index in [1.165, 1.54) is 10.8 Å². The molecule has 20 heavy (non-hydrogen) atoms. The molecule has 0 amide bonds. The normalized spacial score (nSPS) is 10.7. The van der Waals surface area contributed by atoms with E-state index >= 15 is 0 Å². The molecular weight excluding hydrogens is 246 g/mol. The van der Waals surface area contributed by atoms with Gasteiger partial charge in [0, 0.05) is 25.1 Å². The lowest BCUT2D eigenvalue weighted by molar-refractivity contribution is 0.945. The van der Waals surface area contributed by atoms with Crippen LogP contribution in [0.1, 0.15) is 12.7 Å². The highest BCUT2D eigenvalue weighted by atomic mass is 15.0. The second kappa shape index (κ2) is 5.29. The Morgan fingerprint density at radius 2 is 1.80 bits per heavy atom. The van der Waals surface area contributed by atoms with Crippen LogP contribution in [0.15, 0.2) is 48.5 Å². The first kappa shape index (κ1) is 12.6. The summed E-state index contributed by atoms with van der Waals surface area (Å²) in [5.41, 5.74) is 2.12. The molecule has 0 radical (unpaired) electrons. The fourth-order valence-electron chi connectivity index (χ4n) is 2.37. The molecule has 3 heteroatoms. The molecule has 2 aromatic carbocycles. The fraction of sp³-hybridized carbons (Fsp3) is 0.176. The summed E-state index contributed by atoms with van der Waals surface area (Å²) in [6.07, 6.45) is 0.827. The molecule has 1 heterocycles.